The Morgan fingerprint density at radius 1 is 1.47 bits per heavy atom. The molecule has 1 aromatic carbocycles. The predicted molar refractivity (Wildman–Crippen MR) is 63.3 cm³/mol. The molecule has 0 bridgehead atoms. The van der Waals surface area contributed by atoms with Gasteiger partial charge in [-0.1, -0.05) is 17.7 Å². The van der Waals surface area contributed by atoms with Crippen LogP contribution >= 0.6 is 11.6 Å². The summed E-state index contributed by atoms with van der Waals surface area (Å²) in [6.45, 7) is 4.24. The Bertz CT molecular complexity index is 359. The first kappa shape index (κ1) is 12.1. The van der Waals surface area contributed by atoms with Crippen LogP contribution in [0.5, 0.6) is 5.75 Å². The van der Waals surface area contributed by atoms with Crippen LogP contribution in [-0.4, -0.2) is 13.9 Å². The molecular formula is C12H15ClO2. The van der Waals surface area contributed by atoms with Gasteiger partial charge >= 0.3 is 0 Å². The minimum absolute atomic E-state index is 0.242. The molecular weight excluding hydrogens is 212 g/mol. The highest BCUT2D eigenvalue weighted by Crippen LogP contribution is 2.28. The molecule has 3 heteroatoms. The number of rotatable bonds is 4. The zero-order valence-corrected chi connectivity index (χ0v) is 9.97. The lowest BCUT2D eigenvalue weighted by molar-refractivity contribution is 0.0509. The SMILES string of the molecule is CC=C(C)c1cc(Cl)ccc1OCOC. The van der Waals surface area contributed by atoms with Gasteiger partial charge in [-0.25, -0.2) is 0 Å². The summed E-state index contributed by atoms with van der Waals surface area (Å²) >= 11 is 5.94. The molecule has 0 saturated heterocycles. The highest BCUT2D eigenvalue weighted by atomic mass is 35.5. The summed E-state index contributed by atoms with van der Waals surface area (Å²) in [6, 6.07) is 5.55. The van der Waals surface area contributed by atoms with E-state index in [0.29, 0.717) is 5.02 Å². The van der Waals surface area contributed by atoms with Gasteiger partial charge in [0.1, 0.15) is 5.75 Å². The highest BCUT2D eigenvalue weighted by Gasteiger charge is 2.05. The third-order valence-electron chi connectivity index (χ3n) is 2.13. The molecule has 0 aliphatic rings. The van der Waals surface area contributed by atoms with E-state index in [1.807, 2.05) is 32.1 Å². The van der Waals surface area contributed by atoms with Crippen molar-refractivity contribution in [3.8, 4) is 5.75 Å². The number of halogens is 1. The normalized spacial score (nSPS) is 11.6. The van der Waals surface area contributed by atoms with Gasteiger partial charge in [0.25, 0.3) is 0 Å². The van der Waals surface area contributed by atoms with Crippen molar-refractivity contribution < 1.29 is 9.47 Å². The summed E-state index contributed by atoms with van der Waals surface area (Å²) in [4.78, 5) is 0. The van der Waals surface area contributed by atoms with Crippen LogP contribution in [0.25, 0.3) is 5.57 Å². The first-order chi connectivity index (χ1) is 7.19. The molecule has 82 valence electrons. The standard InChI is InChI=1S/C12H15ClO2/c1-4-9(2)11-7-10(13)5-6-12(11)15-8-14-3/h4-7H,8H2,1-3H3. The van der Waals surface area contributed by atoms with Gasteiger partial charge in [0, 0.05) is 17.7 Å². The zero-order chi connectivity index (χ0) is 11.3. The van der Waals surface area contributed by atoms with Crippen molar-refractivity contribution in [2.45, 2.75) is 13.8 Å². The second kappa shape index (κ2) is 5.79. The summed E-state index contributed by atoms with van der Waals surface area (Å²) in [5, 5.41) is 0.705. The average Bonchev–Trinajstić information content (AvgIpc) is 2.26. The molecule has 0 unspecified atom stereocenters. The van der Waals surface area contributed by atoms with Crippen molar-refractivity contribution >= 4 is 17.2 Å². The predicted octanol–water partition coefficient (Wildman–Crippen LogP) is 3.75. The second-order valence-electron chi connectivity index (χ2n) is 3.16. The molecule has 0 fully saturated rings. The Labute approximate surface area is 95.5 Å². The van der Waals surface area contributed by atoms with Crippen LogP contribution < -0.4 is 4.74 Å². The van der Waals surface area contributed by atoms with Crippen molar-refractivity contribution in [1.29, 1.82) is 0 Å². The highest BCUT2D eigenvalue weighted by molar-refractivity contribution is 6.30. The van der Waals surface area contributed by atoms with Crippen LogP contribution in [-0.2, 0) is 4.74 Å². The zero-order valence-electron chi connectivity index (χ0n) is 9.21. The molecule has 2 nitrogen and oxygen atoms in total. The van der Waals surface area contributed by atoms with Gasteiger partial charge in [0.2, 0.25) is 0 Å². The van der Waals surface area contributed by atoms with Crippen molar-refractivity contribution in [2.75, 3.05) is 13.9 Å². The summed E-state index contributed by atoms with van der Waals surface area (Å²) in [7, 11) is 1.60. The Morgan fingerprint density at radius 2 is 2.20 bits per heavy atom. The van der Waals surface area contributed by atoms with E-state index >= 15 is 0 Å². The Morgan fingerprint density at radius 3 is 2.80 bits per heavy atom. The van der Waals surface area contributed by atoms with E-state index in [0.717, 1.165) is 16.9 Å². The molecule has 0 heterocycles. The topological polar surface area (TPSA) is 18.5 Å². The minimum atomic E-state index is 0.242. The maximum absolute atomic E-state index is 5.94. The molecule has 1 aromatic rings. The fourth-order valence-electron chi connectivity index (χ4n) is 1.21. The van der Waals surface area contributed by atoms with E-state index < -0.39 is 0 Å². The van der Waals surface area contributed by atoms with Crippen LogP contribution in [0.4, 0.5) is 0 Å². The third kappa shape index (κ3) is 3.26. The van der Waals surface area contributed by atoms with Crippen molar-refractivity contribution in [3.63, 3.8) is 0 Å². The molecule has 15 heavy (non-hydrogen) atoms. The van der Waals surface area contributed by atoms with Crippen LogP contribution in [0, 0.1) is 0 Å². The van der Waals surface area contributed by atoms with E-state index in [9.17, 15) is 0 Å². The van der Waals surface area contributed by atoms with Gasteiger partial charge in [0.05, 0.1) is 0 Å². The average molecular weight is 227 g/mol. The maximum Gasteiger partial charge on any atom is 0.188 e. The molecule has 0 amide bonds. The minimum Gasteiger partial charge on any atom is -0.467 e. The first-order valence-electron chi connectivity index (χ1n) is 4.73. The molecule has 0 spiro atoms. The number of benzene rings is 1. The lowest BCUT2D eigenvalue weighted by Gasteiger charge is -2.11. The van der Waals surface area contributed by atoms with Crippen LogP contribution in [0.3, 0.4) is 0 Å². The molecule has 0 aromatic heterocycles. The molecule has 0 radical (unpaired) electrons. The Balaban J connectivity index is 3.03. The molecule has 0 aliphatic heterocycles. The van der Waals surface area contributed by atoms with Gasteiger partial charge in [-0.3, -0.25) is 0 Å². The van der Waals surface area contributed by atoms with Gasteiger partial charge in [-0.15, -0.1) is 0 Å². The van der Waals surface area contributed by atoms with Gasteiger partial charge in [0.15, 0.2) is 6.79 Å². The summed E-state index contributed by atoms with van der Waals surface area (Å²) in [6.07, 6.45) is 2.02. The first-order valence-corrected chi connectivity index (χ1v) is 5.11. The number of hydrogen-bond donors (Lipinski definition) is 0. The summed E-state index contributed by atoms with van der Waals surface area (Å²) in [5.41, 5.74) is 2.13. The van der Waals surface area contributed by atoms with Crippen LogP contribution in [0.2, 0.25) is 5.02 Å². The quantitative estimate of drug-likeness (QED) is 0.728. The third-order valence-corrected chi connectivity index (χ3v) is 2.37. The summed E-state index contributed by atoms with van der Waals surface area (Å²) < 4.78 is 10.3. The van der Waals surface area contributed by atoms with E-state index in [1.54, 1.807) is 13.2 Å². The van der Waals surface area contributed by atoms with Gasteiger partial charge in [-0.05, 0) is 37.6 Å². The van der Waals surface area contributed by atoms with Crippen molar-refractivity contribution in [2.24, 2.45) is 0 Å². The molecule has 0 atom stereocenters. The monoisotopic (exact) mass is 226 g/mol. The van der Waals surface area contributed by atoms with Crippen LogP contribution in [0.1, 0.15) is 19.4 Å². The van der Waals surface area contributed by atoms with Gasteiger partial charge in [-0.2, -0.15) is 0 Å². The second-order valence-corrected chi connectivity index (χ2v) is 3.60. The lowest BCUT2D eigenvalue weighted by Crippen LogP contribution is -2.01. The lowest BCUT2D eigenvalue weighted by atomic mass is 10.1. The van der Waals surface area contributed by atoms with E-state index in [2.05, 4.69) is 0 Å². The fraction of sp³-hybridized carbons (Fsp3) is 0.333. The molecule has 0 aliphatic carbocycles. The van der Waals surface area contributed by atoms with Gasteiger partial charge < -0.3 is 9.47 Å². The van der Waals surface area contributed by atoms with Crippen molar-refractivity contribution in [3.05, 3.63) is 34.9 Å². The van der Waals surface area contributed by atoms with E-state index in [1.165, 1.54) is 0 Å². The number of ether oxygens (including phenoxy) is 2. The molecule has 1 rings (SSSR count). The number of hydrogen-bond acceptors (Lipinski definition) is 2. The number of methoxy groups -OCH3 is 1. The molecule has 0 saturated carbocycles. The molecule has 0 N–H and O–H groups in total. The largest absolute Gasteiger partial charge is 0.467 e. The Kier molecular flexibility index (Phi) is 4.66. The van der Waals surface area contributed by atoms with E-state index in [4.69, 9.17) is 21.1 Å². The van der Waals surface area contributed by atoms with E-state index in [-0.39, 0.29) is 6.79 Å². The maximum atomic E-state index is 5.94. The van der Waals surface area contributed by atoms with Crippen LogP contribution in [0.15, 0.2) is 24.3 Å². The van der Waals surface area contributed by atoms with Crippen molar-refractivity contribution in [1.82, 2.24) is 0 Å². The summed E-state index contributed by atoms with van der Waals surface area (Å²) in [5.74, 6) is 0.789. The fourth-order valence-corrected chi connectivity index (χ4v) is 1.39. The number of allylic oxidation sites excluding steroid dienone is 2. The smallest absolute Gasteiger partial charge is 0.188 e. The Hall–Kier alpha value is -0.990.